The van der Waals surface area contributed by atoms with Crippen LogP contribution >= 0.6 is 11.3 Å². The molecule has 1 aliphatic carbocycles. The van der Waals surface area contributed by atoms with Gasteiger partial charge in [0.1, 0.15) is 17.2 Å². The number of methoxy groups -OCH3 is 1. The Morgan fingerprint density at radius 2 is 2.00 bits per heavy atom. The number of esters is 1. The number of hydrogen-bond acceptors (Lipinski definition) is 6. The molecule has 1 unspecified atom stereocenters. The third kappa shape index (κ3) is 4.07. The minimum Gasteiger partial charge on any atom is -0.465 e. The second kappa shape index (κ2) is 8.78. The monoisotopic (exact) mass is 399 g/mol. The number of ketones is 1. The van der Waals surface area contributed by atoms with E-state index in [4.69, 9.17) is 4.74 Å². The van der Waals surface area contributed by atoms with Crippen molar-refractivity contribution in [1.29, 1.82) is 0 Å². The topological polar surface area (TPSA) is 73.3 Å². The van der Waals surface area contributed by atoms with E-state index in [1.54, 1.807) is 12.1 Å². The molecule has 1 aliphatic rings. The SMILES string of the molecule is CCc1sc(-c2ccc(C(=O)OC)cc2)nc1C(C=O)C(=O)[C@@H]1CC[C@@H](C)C1. The van der Waals surface area contributed by atoms with E-state index >= 15 is 0 Å². The number of aromatic nitrogens is 1. The summed E-state index contributed by atoms with van der Waals surface area (Å²) in [6.45, 7) is 4.16. The lowest BCUT2D eigenvalue weighted by molar-refractivity contribution is -0.127. The molecular formula is C22H25NO4S. The van der Waals surface area contributed by atoms with Crippen LogP contribution in [0.5, 0.6) is 0 Å². The molecule has 0 amide bonds. The summed E-state index contributed by atoms with van der Waals surface area (Å²) >= 11 is 1.50. The van der Waals surface area contributed by atoms with Crippen molar-refractivity contribution in [1.82, 2.24) is 4.98 Å². The van der Waals surface area contributed by atoms with E-state index < -0.39 is 11.9 Å². The van der Waals surface area contributed by atoms with Gasteiger partial charge < -0.3 is 9.53 Å². The molecule has 6 heteroatoms. The minimum absolute atomic E-state index is 0.00643. The molecule has 0 bridgehead atoms. The average molecular weight is 400 g/mol. The first kappa shape index (κ1) is 20.4. The van der Waals surface area contributed by atoms with Crippen molar-refractivity contribution in [3.63, 3.8) is 0 Å². The van der Waals surface area contributed by atoms with Crippen molar-refractivity contribution in [3.8, 4) is 10.6 Å². The Labute approximate surface area is 169 Å². The van der Waals surface area contributed by atoms with E-state index in [1.165, 1.54) is 18.4 Å². The fourth-order valence-corrected chi connectivity index (χ4v) is 4.89. The van der Waals surface area contributed by atoms with E-state index in [-0.39, 0.29) is 11.7 Å². The second-order valence-electron chi connectivity index (χ2n) is 7.38. The van der Waals surface area contributed by atoms with Crippen LogP contribution in [-0.2, 0) is 20.7 Å². The van der Waals surface area contributed by atoms with Gasteiger partial charge in [-0.25, -0.2) is 9.78 Å². The molecule has 28 heavy (non-hydrogen) atoms. The Balaban J connectivity index is 1.90. The lowest BCUT2D eigenvalue weighted by atomic mass is 9.89. The molecule has 1 aromatic carbocycles. The zero-order chi connectivity index (χ0) is 20.3. The molecule has 0 radical (unpaired) electrons. The van der Waals surface area contributed by atoms with Gasteiger partial charge in [0, 0.05) is 16.4 Å². The maximum Gasteiger partial charge on any atom is 0.337 e. The van der Waals surface area contributed by atoms with Gasteiger partial charge in [0.25, 0.3) is 0 Å². The number of benzene rings is 1. The quantitative estimate of drug-likeness (QED) is 0.391. The van der Waals surface area contributed by atoms with Crippen LogP contribution in [0.3, 0.4) is 0 Å². The molecule has 3 rings (SSSR count). The van der Waals surface area contributed by atoms with Crippen LogP contribution in [0.4, 0.5) is 0 Å². The number of thiazole rings is 1. The molecular weight excluding hydrogens is 374 g/mol. The van der Waals surface area contributed by atoms with Gasteiger partial charge in [-0.1, -0.05) is 26.0 Å². The Hall–Kier alpha value is -2.34. The molecule has 1 heterocycles. The minimum atomic E-state index is -0.787. The van der Waals surface area contributed by atoms with Crippen LogP contribution in [0.1, 0.15) is 60.0 Å². The highest BCUT2D eigenvalue weighted by atomic mass is 32.1. The number of carbonyl (C=O) groups is 3. The molecule has 1 aromatic heterocycles. The number of aldehydes is 1. The van der Waals surface area contributed by atoms with Gasteiger partial charge >= 0.3 is 5.97 Å². The highest BCUT2D eigenvalue weighted by molar-refractivity contribution is 7.15. The molecule has 148 valence electrons. The number of aryl methyl sites for hydroxylation is 1. The van der Waals surface area contributed by atoms with Crippen LogP contribution in [0.15, 0.2) is 24.3 Å². The first-order chi connectivity index (χ1) is 13.5. The number of Topliss-reactive ketones (excluding diaryl/α,β-unsaturated/α-hetero) is 1. The van der Waals surface area contributed by atoms with Gasteiger partial charge in [-0.3, -0.25) is 4.79 Å². The van der Waals surface area contributed by atoms with Crippen LogP contribution < -0.4 is 0 Å². The van der Waals surface area contributed by atoms with Crippen molar-refractivity contribution >= 4 is 29.4 Å². The van der Waals surface area contributed by atoms with E-state index in [9.17, 15) is 14.4 Å². The number of ether oxygens (including phenoxy) is 1. The van der Waals surface area contributed by atoms with Crippen molar-refractivity contribution in [3.05, 3.63) is 40.4 Å². The van der Waals surface area contributed by atoms with E-state index in [0.29, 0.717) is 23.6 Å². The fraction of sp³-hybridized carbons (Fsp3) is 0.455. The van der Waals surface area contributed by atoms with Crippen molar-refractivity contribution in [2.24, 2.45) is 11.8 Å². The predicted octanol–water partition coefficient (Wildman–Crippen LogP) is 4.45. The summed E-state index contributed by atoms with van der Waals surface area (Å²) in [5.41, 5.74) is 1.92. The molecule has 0 saturated heterocycles. The van der Waals surface area contributed by atoms with E-state index in [1.807, 2.05) is 19.1 Å². The van der Waals surface area contributed by atoms with Crippen LogP contribution in [-0.4, -0.2) is 30.1 Å². The van der Waals surface area contributed by atoms with Gasteiger partial charge in [0.05, 0.1) is 18.4 Å². The Bertz CT molecular complexity index is 871. The summed E-state index contributed by atoms with van der Waals surface area (Å²) < 4.78 is 4.72. The fourth-order valence-electron chi connectivity index (χ4n) is 3.84. The lowest BCUT2D eigenvalue weighted by Gasteiger charge is -2.14. The van der Waals surface area contributed by atoms with Gasteiger partial charge in [-0.15, -0.1) is 11.3 Å². The zero-order valence-corrected chi connectivity index (χ0v) is 17.3. The maximum atomic E-state index is 13.0. The standard InChI is InChI=1S/C22H25NO4S/c1-4-18-19(17(12-24)20(25)16-6-5-13(2)11-16)23-21(28-18)14-7-9-15(10-8-14)22(26)27-3/h7-10,12-13,16-17H,4-6,11H2,1-3H3/t13-,16-,17?/m1/s1. The smallest absolute Gasteiger partial charge is 0.337 e. The average Bonchev–Trinajstić information content (AvgIpc) is 3.34. The number of nitrogens with zero attached hydrogens (tertiary/aromatic N) is 1. The molecule has 1 saturated carbocycles. The first-order valence-electron chi connectivity index (χ1n) is 9.65. The van der Waals surface area contributed by atoms with Crippen molar-refractivity contribution in [2.45, 2.75) is 45.4 Å². The molecule has 0 aliphatic heterocycles. The zero-order valence-electron chi connectivity index (χ0n) is 16.4. The van der Waals surface area contributed by atoms with E-state index in [0.717, 1.165) is 41.0 Å². The molecule has 5 nitrogen and oxygen atoms in total. The molecule has 0 spiro atoms. The Kier molecular flexibility index (Phi) is 6.39. The van der Waals surface area contributed by atoms with Gasteiger partial charge in [-0.05, 0) is 43.7 Å². The summed E-state index contributed by atoms with van der Waals surface area (Å²) in [7, 11) is 1.35. The highest BCUT2D eigenvalue weighted by Crippen LogP contribution is 2.37. The lowest BCUT2D eigenvalue weighted by Crippen LogP contribution is -2.22. The third-order valence-electron chi connectivity index (χ3n) is 5.44. The van der Waals surface area contributed by atoms with Gasteiger partial charge in [0.2, 0.25) is 0 Å². The summed E-state index contributed by atoms with van der Waals surface area (Å²) in [5, 5.41) is 0.753. The number of rotatable bonds is 7. The normalized spacial score (nSPS) is 20.0. The number of carbonyl (C=O) groups excluding carboxylic acids is 3. The molecule has 3 atom stereocenters. The van der Waals surface area contributed by atoms with Crippen LogP contribution in [0, 0.1) is 11.8 Å². The number of hydrogen-bond donors (Lipinski definition) is 0. The molecule has 1 fully saturated rings. The van der Waals surface area contributed by atoms with E-state index in [2.05, 4.69) is 11.9 Å². The largest absolute Gasteiger partial charge is 0.465 e. The first-order valence-corrected chi connectivity index (χ1v) is 10.5. The summed E-state index contributed by atoms with van der Waals surface area (Å²) in [6, 6.07) is 7.00. The van der Waals surface area contributed by atoms with Crippen molar-refractivity contribution < 1.29 is 19.1 Å². The van der Waals surface area contributed by atoms with Crippen LogP contribution in [0.2, 0.25) is 0 Å². The summed E-state index contributed by atoms with van der Waals surface area (Å²) in [6.07, 6.45) is 4.22. The Morgan fingerprint density at radius 3 is 2.54 bits per heavy atom. The van der Waals surface area contributed by atoms with Gasteiger partial charge in [-0.2, -0.15) is 0 Å². The second-order valence-corrected chi connectivity index (χ2v) is 8.46. The summed E-state index contributed by atoms with van der Waals surface area (Å²) in [4.78, 5) is 42.1. The van der Waals surface area contributed by atoms with Crippen LogP contribution in [0.25, 0.3) is 10.6 Å². The summed E-state index contributed by atoms with van der Waals surface area (Å²) in [5.74, 6) is -0.680. The molecule has 0 N–H and O–H groups in total. The Morgan fingerprint density at radius 1 is 1.29 bits per heavy atom. The highest BCUT2D eigenvalue weighted by Gasteiger charge is 2.35. The van der Waals surface area contributed by atoms with Gasteiger partial charge in [0.15, 0.2) is 5.78 Å². The maximum absolute atomic E-state index is 13.0. The third-order valence-corrected chi connectivity index (χ3v) is 6.70. The predicted molar refractivity (Wildman–Crippen MR) is 109 cm³/mol. The van der Waals surface area contributed by atoms with Crippen molar-refractivity contribution in [2.75, 3.05) is 7.11 Å². The molecule has 2 aromatic rings.